The van der Waals surface area contributed by atoms with Crippen LogP contribution in [0.15, 0.2) is 0 Å². The van der Waals surface area contributed by atoms with E-state index in [1.54, 1.807) is 0 Å². The van der Waals surface area contributed by atoms with Gasteiger partial charge in [-0.2, -0.15) is 0 Å². The van der Waals surface area contributed by atoms with E-state index in [4.69, 9.17) is 4.74 Å². The summed E-state index contributed by atoms with van der Waals surface area (Å²) < 4.78 is 4.87. The molecule has 3 heteroatoms. The Balaban J connectivity index is 1.81. The van der Waals surface area contributed by atoms with E-state index in [2.05, 4.69) is 5.32 Å². The van der Waals surface area contributed by atoms with E-state index < -0.39 is 0 Å². The maximum Gasteiger partial charge on any atom is 0.323 e. The fourth-order valence-corrected chi connectivity index (χ4v) is 2.02. The third-order valence-electron chi connectivity index (χ3n) is 2.73. The zero-order valence-electron chi connectivity index (χ0n) is 7.21. The average molecular weight is 169 g/mol. The van der Waals surface area contributed by atoms with Crippen LogP contribution >= 0.6 is 0 Å². The Labute approximate surface area is 72.5 Å². The monoisotopic (exact) mass is 169 g/mol. The van der Waals surface area contributed by atoms with Crippen LogP contribution < -0.4 is 5.32 Å². The zero-order valence-corrected chi connectivity index (χ0v) is 7.21. The van der Waals surface area contributed by atoms with Gasteiger partial charge in [0, 0.05) is 12.5 Å². The van der Waals surface area contributed by atoms with Crippen LogP contribution in [0.5, 0.6) is 0 Å². The van der Waals surface area contributed by atoms with Crippen molar-refractivity contribution < 1.29 is 9.53 Å². The first-order valence-electron chi connectivity index (χ1n) is 4.79. The second kappa shape index (κ2) is 3.44. The number of nitrogens with one attached hydrogen (secondary N) is 1. The Hall–Kier alpha value is -0.570. The molecule has 1 saturated heterocycles. The number of ether oxygens (including phenoxy) is 1. The van der Waals surface area contributed by atoms with Crippen molar-refractivity contribution in [3.63, 3.8) is 0 Å². The fourth-order valence-electron chi connectivity index (χ4n) is 2.02. The number of esters is 1. The van der Waals surface area contributed by atoms with Gasteiger partial charge < -0.3 is 10.1 Å². The average Bonchev–Trinajstić information content (AvgIpc) is 2.65. The molecule has 68 valence electrons. The van der Waals surface area contributed by atoms with E-state index >= 15 is 0 Å². The Morgan fingerprint density at radius 2 is 2.00 bits per heavy atom. The number of rotatable bonds is 2. The number of hydrogen-bond acceptors (Lipinski definition) is 3. The van der Waals surface area contributed by atoms with Gasteiger partial charge in [0.2, 0.25) is 0 Å². The van der Waals surface area contributed by atoms with Crippen LogP contribution in [-0.2, 0) is 9.53 Å². The van der Waals surface area contributed by atoms with Crippen molar-refractivity contribution in [1.82, 2.24) is 5.32 Å². The summed E-state index contributed by atoms with van der Waals surface area (Å²) >= 11 is 0. The molecule has 2 fully saturated rings. The molecular weight excluding hydrogens is 154 g/mol. The SMILES string of the molecule is O=C1OCCC1NC1CCCC1. The molecule has 2 aliphatic rings. The molecule has 1 heterocycles. The maximum absolute atomic E-state index is 11.1. The van der Waals surface area contributed by atoms with Crippen LogP contribution in [0.25, 0.3) is 0 Å². The fraction of sp³-hybridized carbons (Fsp3) is 0.889. The molecule has 3 nitrogen and oxygen atoms in total. The first kappa shape index (κ1) is 8.05. The van der Waals surface area contributed by atoms with Gasteiger partial charge in [-0.1, -0.05) is 12.8 Å². The Morgan fingerprint density at radius 3 is 2.58 bits per heavy atom. The molecule has 0 bridgehead atoms. The van der Waals surface area contributed by atoms with Crippen LogP contribution in [0, 0.1) is 0 Å². The molecular formula is C9H15NO2. The molecule has 0 aromatic heterocycles. The third kappa shape index (κ3) is 1.61. The van der Waals surface area contributed by atoms with Gasteiger partial charge >= 0.3 is 5.97 Å². The second-order valence-corrected chi connectivity index (χ2v) is 3.66. The molecule has 0 aromatic carbocycles. The van der Waals surface area contributed by atoms with Gasteiger partial charge in [-0.15, -0.1) is 0 Å². The van der Waals surface area contributed by atoms with E-state index in [1.165, 1.54) is 25.7 Å². The number of carbonyl (C=O) groups is 1. The van der Waals surface area contributed by atoms with Gasteiger partial charge in [-0.3, -0.25) is 4.79 Å². The number of hydrogen-bond donors (Lipinski definition) is 1. The zero-order chi connectivity index (χ0) is 8.39. The summed E-state index contributed by atoms with van der Waals surface area (Å²) in [5, 5.41) is 3.35. The molecule has 1 atom stereocenters. The smallest absolute Gasteiger partial charge is 0.323 e. The summed E-state index contributed by atoms with van der Waals surface area (Å²) in [6.45, 7) is 0.600. The molecule has 0 amide bonds. The summed E-state index contributed by atoms with van der Waals surface area (Å²) in [5.41, 5.74) is 0. The summed E-state index contributed by atoms with van der Waals surface area (Å²) in [6, 6.07) is 0.564. The maximum atomic E-state index is 11.1. The highest BCUT2D eigenvalue weighted by atomic mass is 16.5. The molecule has 0 radical (unpaired) electrons. The molecule has 12 heavy (non-hydrogen) atoms. The van der Waals surface area contributed by atoms with Crippen molar-refractivity contribution in [2.45, 2.75) is 44.2 Å². The van der Waals surface area contributed by atoms with Crippen LogP contribution in [0.4, 0.5) is 0 Å². The number of carbonyl (C=O) groups excluding carboxylic acids is 1. The minimum atomic E-state index is -0.0538. The quantitative estimate of drug-likeness (QED) is 0.622. The lowest BCUT2D eigenvalue weighted by Gasteiger charge is -2.14. The molecule has 1 aliphatic heterocycles. The van der Waals surface area contributed by atoms with E-state index in [0.717, 1.165) is 6.42 Å². The van der Waals surface area contributed by atoms with Crippen molar-refractivity contribution >= 4 is 5.97 Å². The highest BCUT2D eigenvalue weighted by molar-refractivity contribution is 5.77. The van der Waals surface area contributed by atoms with Gasteiger partial charge in [0.1, 0.15) is 6.04 Å². The van der Waals surface area contributed by atoms with E-state index in [0.29, 0.717) is 12.6 Å². The summed E-state index contributed by atoms with van der Waals surface area (Å²) in [5.74, 6) is -0.0538. The molecule has 1 aliphatic carbocycles. The van der Waals surface area contributed by atoms with E-state index in [-0.39, 0.29) is 12.0 Å². The molecule has 1 saturated carbocycles. The van der Waals surface area contributed by atoms with Crippen molar-refractivity contribution in [3.8, 4) is 0 Å². The normalized spacial score (nSPS) is 31.0. The van der Waals surface area contributed by atoms with Crippen molar-refractivity contribution in [1.29, 1.82) is 0 Å². The van der Waals surface area contributed by atoms with E-state index in [9.17, 15) is 4.79 Å². The molecule has 2 rings (SSSR count). The van der Waals surface area contributed by atoms with Crippen LogP contribution in [-0.4, -0.2) is 24.7 Å². The molecule has 1 N–H and O–H groups in total. The van der Waals surface area contributed by atoms with Gasteiger partial charge in [0.05, 0.1) is 6.61 Å². The lowest BCUT2D eigenvalue weighted by atomic mass is 10.2. The minimum Gasteiger partial charge on any atom is -0.464 e. The highest BCUT2D eigenvalue weighted by Gasteiger charge is 2.29. The van der Waals surface area contributed by atoms with Crippen LogP contribution in [0.1, 0.15) is 32.1 Å². The number of cyclic esters (lactones) is 1. The Kier molecular flexibility index (Phi) is 2.30. The summed E-state index contributed by atoms with van der Waals surface area (Å²) in [4.78, 5) is 11.1. The predicted octanol–water partition coefficient (Wildman–Crippen LogP) is 0.834. The first-order chi connectivity index (χ1) is 5.86. The van der Waals surface area contributed by atoms with Gasteiger partial charge in [0.25, 0.3) is 0 Å². The second-order valence-electron chi connectivity index (χ2n) is 3.66. The lowest BCUT2D eigenvalue weighted by Crippen LogP contribution is -2.39. The van der Waals surface area contributed by atoms with Gasteiger partial charge in [-0.25, -0.2) is 0 Å². The standard InChI is InChI=1S/C9H15NO2/c11-9-8(5-6-12-9)10-7-3-1-2-4-7/h7-8,10H,1-6H2. The molecule has 0 spiro atoms. The largest absolute Gasteiger partial charge is 0.464 e. The molecule has 0 aromatic rings. The predicted molar refractivity (Wildman–Crippen MR) is 44.8 cm³/mol. The molecule has 1 unspecified atom stereocenters. The Morgan fingerprint density at radius 1 is 1.25 bits per heavy atom. The minimum absolute atomic E-state index is 0.00639. The highest BCUT2D eigenvalue weighted by Crippen LogP contribution is 2.19. The van der Waals surface area contributed by atoms with Crippen LogP contribution in [0.2, 0.25) is 0 Å². The summed E-state index contributed by atoms with van der Waals surface area (Å²) in [7, 11) is 0. The first-order valence-corrected chi connectivity index (χ1v) is 4.79. The lowest BCUT2D eigenvalue weighted by molar-refractivity contribution is -0.139. The van der Waals surface area contributed by atoms with Crippen molar-refractivity contribution in [2.75, 3.05) is 6.61 Å². The van der Waals surface area contributed by atoms with E-state index in [1.807, 2.05) is 0 Å². The van der Waals surface area contributed by atoms with Crippen molar-refractivity contribution in [2.24, 2.45) is 0 Å². The summed E-state index contributed by atoms with van der Waals surface area (Å²) in [6.07, 6.45) is 5.92. The van der Waals surface area contributed by atoms with Crippen LogP contribution in [0.3, 0.4) is 0 Å². The van der Waals surface area contributed by atoms with Gasteiger partial charge in [-0.05, 0) is 12.8 Å². The third-order valence-corrected chi connectivity index (χ3v) is 2.73. The van der Waals surface area contributed by atoms with Crippen molar-refractivity contribution in [3.05, 3.63) is 0 Å². The van der Waals surface area contributed by atoms with Gasteiger partial charge in [0.15, 0.2) is 0 Å². The Bertz CT molecular complexity index is 175. The topological polar surface area (TPSA) is 38.3 Å².